The molecule has 2 heterocycles. The highest BCUT2D eigenvalue weighted by Gasteiger charge is 2.34. The Hall–Kier alpha value is -3.93. The van der Waals surface area contributed by atoms with E-state index in [0.29, 0.717) is 6.54 Å². The van der Waals surface area contributed by atoms with E-state index in [1.165, 1.54) is 5.56 Å². The number of amides is 2. The Balaban J connectivity index is 1.58. The van der Waals surface area contributed by atoms with Crippen LogP contribution >= 0.6 is 0 Å². The summed E-state index contributed by atoms with van der Waals surface area (Å²) in [7, 11) is 3.33. The molecule has 2 N–H and O–H groups in total. The lowest BCUT2D eigenvalue weighted by Gasteiger charge is -2.36. The standard InChI is InChI=1S/C27H27N3O3/c1-17-5-4-6-19(15-17)28-27(31)30-14-13-22-23-16-21(33-3)11-12-24(23)29-25(22)26(30)18-7-9-20(32-2)10-8-18/h4-12,15-16,26,29H,13-14H2,1-3H3,(H,28,31). The van der Waals surface area contributed by atoms with E-state index in [1.807, 2.05) is 72.5 Å². The minimum absolute atomic E-state index is 0.122. The molecule has 0 saturated carbocycles. The maximum atomic E-state index is 13.5. The Bertz CT molecular complexity index is 1310. The number of aryl methyl sites for hydroxylation is 1. The number of benzene rings is 3. The number of carbonyl (C=O) groups excluding carboxylic acids is 1. The molecule has 3 aromatic carbocycles. The SMILES string of the molecule is COc1ccc(C2c3[nH]c4ccc(OC)cc4c3CCN2C(=O)Nc2cccc(C)c2)cc1. The molecule has 1 unspecified atom stereocenters. The summed E-state index contributed by atoms with van der Waals surface area (Å²) in [6.07, 6.45) is 0.760. The second-order valence-electron chi connectivity index (χ2n) is 8.35. The van der Waals surface area contributed by atoms with Crippen LogP contribution in [0.25, 0.3) is 10.9 Å². The fourth-order valence-electron chi connectivity index (χ4n) is 4.66. The lowest BCUT2D eigenvalue weighted by molar-refractivity contribution is 0.193. The number of aromatic amines is 1. The van der Waals surface area contributed by atoms with Crippen molar-refractivity contribution in [3.05, 3.63) is 89.1 Å². The molecule has 6 nitrogen and oxygen atoms in total. The van der Waals surface area contributed by atoms with Crippen LogP contribution in [0.3, 0.4) is 0 Å². The van der Waals surface area contributed by atoms with Gasteiger partial charge in [-0.1, -0.05) is 24.3 Å². The zero-order chi connectivity index (χ0) is 22.9. The van der Waals surface area contributed by atoms with Gasteiger partial charge in [0.1, 0.15) is 11.5 Å². The van der Waals surface area contributed by atoms with Gasteiger partial charge in [0.15, 0.2) is 0 Å². The van der Waals surface area contributed by atoms with Gasteiger partial charge in [-0.05, 0) is 72.5 Å². The smallest absolute Gasteiger partial charge is 0.322 e. The van der Waals surface area contributed by atoms with Gasteiger partial charge in [-0.3, -0.25) is 0 Å². The summed E-state index contributed by atoms with van der Waals surface area (Å²) in [6.45, 7) is 2.62. The van der Waals surface area contributed by atoms with Gasteiger partial charge < -0.3 is 24.7 Å². The van der Waals surface area contributed by atoms with E-state index in [1.54, 1.807) is 14.2 Å². The number of rotatable bonds is 4. The Kier molecular flexibility index (Phi) is 5.42. The monoisotopic (exact) mass is 441 g/mol. The van der Waals surface area contributed by atoms with Crippen LogP contribution in [-0.2, 0) is 6.42 Å². The Morgan fingerprint density at radius 3 is 2.48 bits per heavy atom. The van der Waals surface area contributed by atoms with Gasteiger partial charge in [0.05, 0.1) is 20.3 Å². The van der Waals surface area contributed by atoms with Crippen molar-refractivity contribution in [3.63, 3.8) is 0 Å². The van der Waals surface area contributed by atoms with E-state index >= 15 is 0 Å². The van der Waals surface area contributed by atoms with Crippen LogP contribution in [0.4, 0.5) is 10.5 Å². The molecule has 0 spiro atoms. The molecular formula is C27H27N3O3. The van der Waals surface area contributed by atoms with E-state index < -0.39 is 0 Å². The van der Waals surface area contributed by atoms with Crippen molar-refractivity contribution in [1.29, 1.82) is 0 Å². The number of anilines is 1. The fourth-order valence-corrected chi connectivity index (χ4v) is 4.66. The van der Waals surface area contributed by atoms with Crippen molar-refractivity contribution >= 4 is 22.6 Å². The Morgan fingerprint density at radius 2 is 1.76 bits per heavy atom. The fraction of sp³-hybridized carbons (Fsp3) is 0.222. The van der Waals surface area contributed by atoms with Gasteiger partial charge in [0, 0.05) is 28.8 Å². The van der Waals surface area contributed by atoms with Crippen LogP contribution in [-0.4, -0.2) is 36.7 Å². The summed E-state index contributed by atoms with van der Waals surface area (Å²) in [6, 6.07) is 21.5. The molecule has 1 atom stereocenters. The zero-order valence-electron chi connectivity index (χ0n) is 19.0. The second-order valence-corrected chi connectivity index (χ2v) is 8.35. The van der Waals surface area contributed by atoms with Crippen LogP contribution in [0.15, 0.2) is 66.7 Å². The molecule has 5 rings (SSSR count). The molecule has 0 radical (unpaired) electrons. The average Bonchev–Trinajstić information content (AvgIpc) is 3.21. The van der Waals surface area contributed by atoms with Crippen molar-refractivity contribution < 1.29 is 14.3 Å². The molecule has 1 aliphatic heterocycles. The van der Waals surface area contributed by atoms with Gasteiger partial charge in [-0.2, -0.15) is 0 Å². The molecular weight excluding hydrogens is 414 g/mol. The molecule has 168 valence electrons. The maximum Gasteiger partial charge on any atom is 0.322 e. The summed E-state index contributed by atoms with van der Waals surface area (Å²) in [5, 5.41) is 4.23. The number of aromatic nitrogens is 1. The van der Waals surface area contributed by atoms with Gasteiger partial charge in [0.2, 0.25) is 0 Å². The van der Waals surface area contributed by atoms with E-state index in [2.05, 4.69) is 16.4 Å². The Morgan fingerprint density at radius 1 is 1.00 bits per heavy atom. The molecule has 6 heteroatoms. The second kappa shape index (κ2) is 8.54. The first-order valence-electron chi connectivity index (χ1n) is 11.0. The van der Waals surface area contributed by atoms with Crippen molar-refractivity contribution in [1.82, 2.24) is 9.88 Å². The number of nitrogens with one attached hydrogen (secondary N) is 2. The van der Waals surface area contributed by atoms with Crippen molar-refractivity contribution in [2.24, 2.45) is 0 Å². The Labute approximate surface area is 193 Å². The first-order chi connectivity index (χ1) is 16.1. The predicted molar refractivity (Wildman–Crippen MR) is 130 cm³/mol. The minimum Gasteiger partial charge on any atom is -0.497 e. The normalized spacial score (nSPS) is 15.2. The maximum absolute atomic E-state index is 13.5. The molecule has 1 aromatic heterocycles. The number of hydrogen-bond acceptors (Lipinski definition) is 3. The number of nitrogens with zero attached hydrogens (tertiary/aromatic N) is 1. The van der Waals surface area contributed by atoms with E-state index in [4.69, 9.17) is 9.47 Å². The first kappa shape index (κ1) is 20.9. The van der Waals surface area contributed by atoms with Gasteiger partial charge in [-0.25, -0.2) is 4.79 Å². The number of fused-ring (bicyclic) bond motifs is 3. The molecule has 0 bridgehead atoms. The molecule has 0 fully saturated rings. The zero-order valence-corrected chi connectivity index (χ0v) is 19.0. The molecule has 0 aliphatic carbocycles. The van der Waals surface area contributed by atoms with Crippen LogP contribution < -0.4 is 14.8 Å². The van der Waals surface area contributed by atoms with Crippen LogP contribution in [0.2, 0.25) is 0 Å². The lowest BCUT2D eigenvalue weighted by Crippen LogP contribution is -2.43. The number of H-pyrrole nitrogens is 1. The third kappa shape index (κ3) is 3.89. The molecule has 0 saturated heterocycles. The third-order valence-corrected chi connectivity index (χ3v) is 6.30. The summed E-state index contributed by atoms with van der Waals surface area (Å²) in [5.74, 6) is 1.61. The number of methoxy groups -OCH3 is 2. The van der Waals surface area contributed by atoms with Crippen LogP contribution in [0.1, 0.15) is 28.4 Å². The summed E-state index contributed by atoms with van der Waals surface area (Å²) in [5.41, 5.74) is 6.22. The number of hydrogen-bond donors (Lipinski definition) is 2. The minimum atomic E-state index is -0.247. The molecule has 2 amide bonds. The third-order valence-electron chi connectivity index (χ3n) is 6.30. The van der Waals surface area contributed by atoms with Crippen LogP contribution in [0, 0.1) is 6.92 Å². The van der Waals surface area contributed by atoms with Gasteiger partial charge in [0.25, 0.3) is 0 Å². The highest BCUT2D eigenvalue weighted by molar-refractivity contribution is 5.92. The first-order valence-corrected chi connectivity index (χ1v) is 11.0. The van der Waals surface area contributed by atoms with Gasteiger partial charge >= 0.3 is 6.03 Å². The van der Waals surface area contributed by atoms with Crippen LogP contribution in [0.5, 0.6) is 11.5 Å². The number of carbonyl (C=O) groups is 1. The number of urea groups is 1. The van der Waals surface area contributed by atoms with E-state index in [0.717, 1.165) is 51.3 Å². The topological polar surface area (TPSA) is 66.6 Å². The van der Waals surface area contributed by atoms with Crippen molar-refractivity contribution in [3.8, 4) is 11.5 Å². The van der Waals surface area contributed by atoms with E-state index in [9.17, 15) is 4.79 Å². The van der Waals surface area contributed by atoms with E-state index in [-0.39, 0.29) is 12.1 Å². The molecule has 1 aliphatic rings. The summed E-state index contributed by atoms with van der Waals surface area (Å²) < 4.78 is 10.8. The predicted octanol–water partition coefficient (Wildman–Crippen LogP) is 5.67. The lowest BCUT2D eigenvalue weighted by atomic mass is 9.92. The largest absolute Gasteiger partial charge is 0.497 e. The van der Waals surface area contributed by atoms with Crippen molar-refractivity contribution in [2.75, 3.05) is 26.1 Å². The molecule has 33 heavy (non-hydrogen) atoms. The highest BCUT2D eigenvalue weighted by atomic mass is 16.5. The summed E-state index contributed by atoms with van der Waals surface area (Å²) >= 11 is 0. The number of ether oxygens (including phenoxy) is 2. The quantitative estimate of drug-likeness (QED) is 0.429. The molecule has 4 aromatic rings. The average molecular weight is 442 g/mol. The van der Waals surface area contributed by atoms with Gasteiger partial charge in [-0.15, -0.1) is 0 Å². The summed E-state index contributed by atoms with van der Waals surface area (Å²) in [4.78, 5) is 19.0. The van der Waals surface area contributed by atoms with Crippen molar-refractivity contribution in [2.45, 2.75) is 19.4 Å². The highest BCUT2D eigenvalue weighted by Crippen LogP contribution is 2.40.